The zero-order valence-electron chi connectivity index (χ0n) is 12.8. The summed E-state index contributed by atoms with van der Waals surface area (Å²) in [5, 5.41) is 6.26. The van der Waals surface area contributed by atoms with Crippen LogP contribution in [0, 0.1) is 18.6 Å². The summed E-state index contributed by atoms with van der Waals surface area (Å²) >= 11 is 5.90. The average molecular weight is 339 g/mol. The summed E-state index contributed by atoms with van der Waals surface area (Å²) in [6.07, 6.45) is 0. The van der Waals surface area contributed by atoms with Crippen LogP contribution in [0.5, 0.6) is 0 Å². The molecule has 1 atom stereocenters. The minimum Gasteiger partial charge on any atom is -0.325 e. The molecule has 0 unspecified atom stereocenters. The number of amides is 1. The van der Waals surface area contributed by atoms with Crippen LogP contribution in [0.25, 0.3) is 0 Å². The van der Waals surface area contributed by atoms with Gasteiger partial charge in [0.05, 0.1) is 6.54 Å². The molecule has 2 aromatic carbocycles. The lowest BCUT2D eigenvalue weighted by molar-refractivity contribution is -0.115. The number of carbonyl (C=O) groups excluding carboxylic acids is 1. The Balaban J connectivity index is 1.93. The molecule has 0 aliphatic heterocycles. The largest absolute Gasteiger partial charge is 0.325 e. The van der Waals surface area contributed by atoms with Gasteiger partial charge in [0.1, 0.15) is 0 Å². The van der Waals surface area contributed by atoms with Crippen LogP contribution in [0.4, 0.5) is 14.5 Å². The first-order valence-corrected chi connectivity index (χ1v) is 7.49. The van der Waals surface area contributed by atoms with Gasteiger partial charge in [-0.1, -0.05) is 23.7 Å². The van der Waals surface area contributed by atoms with E-state index in [2.05, 4.69) is 10.6 Å². The Morgan fingerprint density at radius 3 is 2.61 bits per heavy atom. The van der Waals surface area contributed by atoms with Crippen molar-refractivity contribution in [1.29, 1.82) is 0 Å². The van der Waals surface area contributed by atoms with Crippen LogP contribution in [-0.4, -0.2) is 12.5 Å². The van der Waals surface area contributed by atoms with E-state index >= 15 is 0 Å². The molecule has 2 aromatic rings. The second-order valence-corrected chi connectivity index (χ2v) is 5.72. The number of benzene rings is 2. The van der Waals surface area contributed by atoms with Crippen molar-refractivity contribution in [3.63, 3.8) is 0 Å². The molecule has 0 aromatic heterocycles. The standard InChI is InChI=1S/C17H17ClF2N2O/c1-10-3-5-13(18)8-16(10)22-17(23)9-21-11(2)12-4-6-14(19)15(20)7-12/h3-8,11,21H,9H2,1-2H3,(H,22,23)/t11-/m1/s1. The second-order valence-electron chi connectivity index (χ2n) is 5.28. The van der Waals surface area contributed by atoms with Gasteiger partial charge in [-0.25, -0.2) is 8.78 Å². The van der Waals surface area contributed by atoms with Crippen LogP contribution >= 0.6 is 11.6 Å². The van der Waals surface area contributed by atoms with Crippen molar-refractivity contribution < 1.29 is 13.6 Å². The van der Waals surface area contributed by atoms with Crippen LogP contribution in [-0.2, 0) is 4.79 Å². The Hall–Kier alpha value is -1.98. The number of hydrogen-bond acceptors (Lipinski definition) is 2. The lowest BCUT2D eigenvalue weighted by Crippen LogP contribution is -2.30. The first-order chi connectivity index (χ1) is 10.9. The van der Waals surface area contributed by atoms with Gasteiger partial charge in [-0.2, -0.15) is 0 Å². The smallest absolute Gasteiger partial charge is 0.238 e. The summed E-state index contributed by atoms with van der Waals surface area (Å²) in [5.74, 6) is -2.05. The van der Waals surface area contributed by atoms with Gasteiger partial charge >= 0.3 is 0 Å². The van der Waals surface area contributed by atoms with Gasteiger partial charge in [-0.15, -0.1) is 0 Å². The van der Waals surface area contributed by atoms with Gasteiger partial charge < -0.3 is 10.6 Å². The van der Waals surface area contributed by atoms with Crippen molar-refractivity contribution in [1.82, 2.24) is 5.32 Å². The number of halogens is 3. The maximum Gasteiger partial charge on any atom is 0.238 e. The second kappa shape index (κ2) is 7.53. The van der Waals surface area contributed by atoms with E-state index in [1.165, 1.54) is 6.07 Å². The van der Waals surface area contributed by atoms with Gasteiger partial charge in [0.25, 0.3) is 0 Å². The third kappa shape index (κ3) is 4.74. The fraction of sp³-hybridized carbons (Fsp3) is 0.235. The predicted molar refractivity (Wildman–Crippen MR) is 87.6 cm³/mol. The monoisotopic (exact) mass is 338 g/mol. The summed E-state index contributed by atoms with van der Waals surface area (Å²) in [7, 11) is 0. The lowest BCUT2D eigenvalue weighted by Gasteiger charge is -2.15. The average Bonchev–Trinajstić information content (AvgIpc) is 2.51. The zero-order valence-corrected chi connectivity index (χ0v) is 13.5. The minimum atomic E-state index is -0.907. The van der Waals surface area contributed by atoms with E-state index in [9.17, 15) is 13.6 Å². The Kier molecular flexibility index (Phi) is 5.69. The zero-order chi connectivity index (χ0) is 17.0. The molecule has 0 aliphatic carbocycles. The molecule has 0 saturated carbocycles. The third-order valence-corrected chi connectivity index (χ3v) is 3.72. The Bertz CT molecular complexity index is 722. The minimum absolute atomic E-state index is 0.0338. The molecule has 23 heavy (non-hydrogen) atoms. The maximum absolute atomic E-state index is 13.2. The van der Waals surface area contributed by atoms with Gasteiger partial charge in [0, 0.05) is 16.8 Å². The topological polar surface area (TPSA) is 41.1 Å². The molecule has 122 valence electrons. The summed E-state index contributed by atoms with van der Waals surface area (Å²) in [6, 6.07) is 8.61. The van der Waals surface area contributed by atoms with Crippen LogP contribution in [0.1, 0.15) is 24.1 Å². The summed E-state index contributed by atoms with van der Waals surface area (Å²) in [5.41, 5.74) is 2.11. The van der Waals surface area contributed by atoms with E-state index in [4.69, 9.17) is 11.6 Å². The highest BCUT2D eigenvalue weighted by molar-refractivity contribution is 6.31. The van der Waals surface area contributed by atoms with Gasteiger partial charge in [0.15, 0.2) is 11.6 Å². The number of carbonyl (C=O) groups is 1. The summed E-state index contributed by atoms with van der Waals surface area (Å²) in [4.78, 5) is 12.0. The Labute approximate surface area is 138 Å². The van der Waals surface area contributed by atoms with E-state index in [0.717, 1.165) is 17.7 Å². The molecular formula is C17H17ClF2N2O. The van der Waals surface area contributed by atoms with Crippen molar-refractivity contribution in [3.8, 4) is 0 Å². The molecule has 3 nitrogen and oxygen atoms in total. The van der Waals surface area contributed by atoms with Gasteiger partial charge in [-0.05, 0) is 49.2 Å². The van der Waals surface area contributed by atoms with E-state index in [1.807, 2.05) is 13.0 Å². The molecule has 1 amide bonds. The number of anilines is 1. The molecule has 0 radical (unpaired) electrons. The highest BCUT2D eigenvalue weighted by Crippen LogP contribution is 2.20. The van der Waals surface area contributed by atoms with Crippen molar-refractivity contribution in [2.24, 2.45) is 0 Å². The molecule has 0 spiro atoms. The quantitative estimate of drug-likeness (QED) is 0.857. The van der Waals surface area contributed by atoms with Crippen LogP contribution < -0.4 is 10.6 Å². The van der Waals surface area contributed by atoms with Crippen molar-refractivity contribution in [2.75, 3.05) is 11.9 Å². The van der Waals surface area contributed by atoms with Crippen LogP contribution in [0.3, 0.4) is 0 Å². The normalized spacial score (nSPS) is 12.0. The van der Waals surface area contributed by atoms with Crippen LogP contribution in [0.15, 0.2) is 36.4 Å². The van der Waals surface area contributed by atoms with Crippen molar-refractivity contribution in [3.05, 3.63) is 64.2 Å². The van der Waals surface area contributed by atoms with E-state index in [1.54, 1.807) is 19.1 Å². The SMILES string of the molecule is Cc1ccc(Cl)cc1NC(=O)CN[C@H](C)c1ccc(F)c(F)c1. The number of nitrogens with one attached hydrogen (secondary N) is 2. The molecule has 0 heterocycles. The van der Waals surface area contributed by atoms with Gasteiger partial charge in [-0.3, -0.25) is 4.79 Å². The molecule has 0 aliphatic rings. The molecule has 0 saturated heterocycles. The summed E-state index contributed by atoms with van der Waals surface area (Å²) < 4.78 is 26.1. The highest BCUT2D eigenvalue weighted by Gasteiger charge is 2.11. The first kappa shape index (κ1) is 17.4. The lowest BCUT2D eigenvalue weighted by atomic mass is 10.1. The third-order valence-electron chi connectivity index (χ3n) is 3.49. The fourth-order valence-corrected chi connectivity index (χ4v) is 2.24. The number of hydrogen-bond donors (Lipinski definition) is 2. The number of aryl methyl sites for hydroxylation is 1. The van der Waals surface area contributed by atoms with Gasteiger partial charge in [0.2, 0.25) is 5.91 Å². The molecule has 6 heteroatoms. The first-order valence-electron chi connectivity index (χ1n) is 7.11. The van der Waals surface area contributed by atoms with E-state index in [-0.39, 0.29) is 18.5 Å². The molecule has 0 bridgehead atoms. The molecular weight excluding hydrogens is 322 g/mol. The molecule has 2 N–H and O–H groups in total. The number of rotatable bonds is 5. The van der Waals surface area contributed by atoms with E-state index < -0.39 is 11.6 Å². The Morgan fingerprint density at radius 2 is 1.91 bits per heavy atom. The molecule has 0 fully saturated rings. The molecule has 2 rings (SSSR count). The van der Waals surface area contributed by atoms with Crippen LogP contribution in [0.2, 0.25) is 5.02 Å². The summed E-state index contributed by atoms with van der Waals surface area (Å²) in [6.45, 7) is 3.67. The Morgan fingerprint density at radius 1 is 1.17 bits per heavy atom. The maximum atomic E-state index is 13.2. The predicted octanol–water partition coefficient (Wildman–Crippen LogP) is 4.22. The van der Waals surface area contributed by atoms with Crippen molar-refractivity contribution in [2.45, 2.75) is 19.9 Å². The van der Waals surface area contributed by atoms with E-state index in [0.29, 0.717) is 16.3 Å². The highest BCUT2D eigenvalue weighted by atomic mass is 35.5. The van der Waals surface area contributed by atoms with Crippen molar-refractivity contribution >= 4 is 23.2 Å². The fourth-order valence-electron chi connectivity index (χ4n) is 2.07.